The number of halogens is 1. The van der Waals surface area contributed by atoms with E-state index < -0.39 is 11.4 Å². The molecular weight excluding hydrogens is 296 g/mol. The van der Waals surface area contributed by atoms with E-state index in [1.165, 1.54) is 0 Å². The van der Waals surface area contributed by atoms with E-state index in [2.05, 4.69) is 21.0 Å². The summed E-state index contributed by atoms with van der Waals surface area (Å²) in [5.74, 6) is -0.751. The fourth-order valence-electron chi connectivity index (χ4n) is 1.91. The van der Waals surface area contributed by atoms with Crippen LogP contribution in [-0.2, 0) is 24.2 Å². The average Bonchev–Trinajstić information content (AvgIpc) is 2.65. The fraction of sp³-hybridized carbons (Fsp3) is 0.692. The van der Waals surface area contributed by atoms with Gasteiger partial charge in [-0.2, -0.15) is 5.10 Å². The Kier molecular flexibility index (Phi) is 4.96. The van der Waals surface area contributed by atoms with Crippen LogP contribution in [0.15, 0.2) is 4.47 Å². The third-order valence-electron chi connectivity index (χ3n) is 3.55. The summed E-state index contributed by atoms with van der Waals surface area (Å²) in [5.41, 5.74) is 1.25. The van der Waals surface area contributed by atoms with Crippen LogP contribution in [-0.4, -0.2) is 20.9 Å². The van der Waals surface area contributed by atoms with Gasteiger partial charge in [0, 0.05) is 13.0 Å². The van der Waals surface area contributed by atoms with Crippen molar-refractivity contribution < 1.29 is 9.90 Å². The minimum absolute atomic E-state index is 0.500. The van der Waals surface area contributed by atoms with Crippen molar-refractivity contribution in [1.82, 2.24) is 9.78 Å². The number of aliphatic carboxylic acids is 1. The van der Waals surface area contributed by atoms with Crippen molar-refractivity contribution in [1.29, 1.82) is 0 Å². The van der Waals surface area contributed by atoms with Crippen LogP contribution in [0.25, 0.3) is 0 Å². The lowest BCUT2D eigenvalue weighted by atomic mass is 9.83. The summed E-state index contributed by atoms with van der Waals surface area (Å²) in [7, 11) is 0. The van der Waals surface area contributed by atoms with Crippen LogP contribution in [0.3, 0.4) is 0 Å². The number of hydrogen-bond acceptors (Lipinski definition) is 2. The zero-order valence-electron chi connectivity index (χ0n) is 11.5. The molecule has 0 aliphatic carbocycles. The molecule has 0 radical (unpaired) electrons. The maximum Gasteiger partial charge on any atom is 0.309 e. The molecule has 102 valence electrons. The SMILES string of the molecule is CCc1nn(CC)c(CC(C)(CC)C(=O)O)c1Br. The van der Waals surface area contributed by atoms with E-state index in [0.717, 1.165) is 28.8 Å². The molecule has 0 amide bonds. The molecule has 0 bridgehead atoms. The molecule has 1 aromatic heterocycles. The quantitative estimate of drug-likeness (QED) is 0.876. The molecule has 1 rings (SSSR count). The molecule has 0 spiro atoms. The average molecular weight is 317 g/mol. The van der Waals surface area contributed by atoms with E-state index in [0.29, 0.717) is 12.8 Å². The summed E-state index contributed by atoms with van der Waals surface area (Å²) in [6.45, 7) is 8.53. The maximum atomic E-state index is 11.4. The van der Waals surface area contributed by atoms with Gasteiger partial charge in [0.15, 0.2) is 0 Å². The first-order chi connectivity index (χ1) is 8.39. The van der Waals surface area contributed by atoms with E-state index in [-0.39, 0.29) is 0 Å². The first-order valence-electron chi connectivity index (χ1n) is 6.37. The molecule has 1 N–H and O–H groups in total. The number of carboxylic acids is 1. The van der Waals surface area contributed by atoms with Gasteiger partial charge in [0.1, 0.15) is 0 Å². The van der Waals surface area contributed by atoms with Crippen LogP contribution in [0.2, 0.25) is 0 Å². The maximum absolute atomic E-state index is 11.4. The molecule has 0 aromatic carbocycles. The molecule has 4 nitrogen and oxygen atoms in total. The summed E-state index contributed by atoms with van der Waals surface area (Å²) < 4.78 is 2.87. The molecule has 0 fully saturated rings. The van der Waals surface area contributed by atoms with Crippen LogP contribution < -0.4 is 0 Å². The highest BCUT2D eigenvalue weighted by Gasteiger charge is 2.33. The number of nitrogens with zero attached hydrogens (tertiary/aromatic N) is 2. The van der Waals surface area contributed by atoms with Crippen LogP contribution in [0.1, 0.15) is 45.5 Å². The Morgan fingerprint density at radius 1 is 1.44 bits per heavy atom. The zero-order chi connectivity index (χ0) is 13.9. The van der Waals surface area contributed by atoms with Crippen molar-refractivity contribution in [3.05, 3.63) is 15.9 Å². The van der Waals surface area contributed by atoms with Crippen molar-refractivity contribution in [2.24, 2.45) is 5.41 Å². The van der Waals surface area contributed by atoms with Crippen LogP contribution >= 0.6 is 15.9 Å². The molecule has 0 aliphatic heterocycles. The Bertz CT molecular complexity index is 442. The van der Waals surface area contributed by atoms with Crippen molar-refractivity contribution >= 4 is 21.9 Å². The molecule has 0 saturated carbocycles. The lowest BCUT2D eigenvalue weighted by Crippen LogP contribution is -2.30. The predicted molar refractivity (Wildman–Crippen MR) is 74.7 cm³/mol. The molecule has 0 saturated heterocycles. The highest BCUT2D eigenvalue weighted by atomic mass is 79.9. The minimum Gasteiger partial charge on any atom is -0.481 e. The largest absolute Gasteiger partial charge is 0.481 e. The van der Waals surface area contributed by atoms with Gasteiger partial charge < -0.3 is 5.11 Å². The first kappa shape index (κ1) is 15.2. The van der Waals surface area contributed by atoms with E-state index in [1.54, 1.807) is 6.92 Å². The molecular formula is C13H21BrN2O2. The highest BCUT2D eigenvalue weighted by molar-refractivity contribution is 9.10. The molecule has 18 heavy (non-hydrogen) atoms. The number of hydrogen-bond donors (Lipinski definition) is 1. The van der Waals surface area contributed by atoms with Gasteiger partial charge in [-0.05, 0) is 42.6 Å². The topological polar surface area (TPSA) is 55.1 Å². The monoisotopic (exact) mass is 316 g/mol. The molecule has 5 heteroatoms. The van der Waals surface area contributed by atoms with Crippen molar-refractivity contribution in [3.8, 4) is 0 Å². The van der Waals surface area contributed by atoms with E-state index >= 15 is 0 Å². The van der Waals surface area contributed by atoms with Crippen LogP contribution in [0, 0.1) is 5.41 Å². The number of carboxylic acid groups (broad SMARTS) is 1. The van der Waals surface area contributed by atoms with Gasteiger partial charge in [-0.15, -0.1) is 0 Å². The summed E-state index contributed by atoms with van der Waals surface area (Å²) >= 11 is 3.56. The molecule has 1 heterocycles. The van der Waals surface area contributed by atoms with E-state index in [1.807, 2.05) is 25.5 Å². The Morgan fingerprint density at radius 3 is 2.44 bits per heavy atom. The van der Waals surface area contributed by atoms with E-state index in [4.69, 9.17) is 0 Å². The summed E-state index contributed by atoms with van der Waals surface area (Å²) in [4.78, 5) is 11.4. The van der Waals surface area contributed by atoms with Gasteiger partial charge in [-0.1, -0.05) is 13.8 Å². The smallest absolute Gasteiger partial charge is 0.309 e. The van der Waals surface area contributed by atoms with Gasteiger partial charge in [0.2, 0.25) is 0 Å². The van der Waals surface area contributed by atoms with Crippen LogP contribution in [0.4, 0.5) is 0 Å². The van der Waals surface area contributed by atoms with Crippen molar-refractivity contribution in [2.75, 3.05) is 0 Å². The van der Waals surface area contributed by atoms with Gasteiger partial charge >= 0.3 is 5.97 Å². The second-order valence-corrected chi connectivity index (χ2v) is 5.57. The molecule has 0 aliphatic rings. The number of aromatic nitrogens is 2. The van der Waals surface area contributed by atoms with Crippen molar-refractivity contribution in [3.63, 3.8) is 0 Å². The van der Waals surface area contributed by atoms with E-state index in [9.17, 15) is 9.90 Å². The lowest BCUT2D eigenvalue weighted by molar-refractivity contribution is -0.148. The molecule has 1 unspecified atom stereocenters. The second-order valence-electron chi connectivity index (χ2n) is 4.77. The molecule has 1 aromatic rings. The Hall–Kier alpha value is -0.840. The van der Waals surface area contributed by atoms with Gasteiger partial charge in [-0.25, -0.2) is 0 Å². The van der Waals surface area contributed by atoms with Gasteiger partial charge in [-0.3, -0.25) is 9.48 Å². The Balaban J connectivity index is 3.17. The molecule has 1 atom stereocenters. The Morgan fingerprint density at radius 2 is 2.06 bits per heavy atom. The summed E-state index contributed by atoms with van der Waals surface area (Å²) in [5, 5.41) is 13.9. The summed E-state index contributed by atoms with van der Waals surface area (Å²) in [6.07, 6.45) is 1.95. The second kappa shape index (κ2) is 5.87. The lowest BCUT2D eigenvalue weighted by Gasteiger charge is -2.23. The Labute approximate surface area is 117 Å². The number of carbonyl (C=O) groups is 1. The highest BCUT2D eigenvalue weighted by Crippen LogP contribution is 2.32. The summed E-state index contributed by atoms with van der Waals surface area (Å²) in [6, 6.07) is 0. The van der Waals surface area contributed by atoms with Gasteiger partial charge in [0.05, 0.1) is 21.3 Å². The zero-order valence-corrected chi connectivity index (χ0v) is 13.0. The fourth-order valence-corrected chi connectivity index (χ4v) is 2.61. The first-order valence-corrected chi connectivity index (χ1v) is 7.16. The van der Waals surface area contributed by atoms with Crippen molar-refractivity contribution in [2.45, 2.75) is 53.5 Å². The number of aryl methyl sites for hydroxylation is 2. The normalized spacial score (nSPS) is 14.5. The third-order valence-corrected chi connectivity index (χ3v) is 4.46. The van der Waals surface area contributed by atoms with Gasteiger partial charge in [0.25, 0.3) is 0 Å². The standard InChI is InChI=1S/C13H21BrN2O2/c1-5-9-11(14)10(16(7-3)15-9)8-13(4,6-2)12(17)18/h5-8H2,1-4H3,(H,17,18). The predicted octanol–water partition coefficient (Wildman–Crippen LogP) is 3.27. The minimum atomic E-state index is -0.751. The van der Waals surface area contributed by atoms with Crippen LogP contribution in [0.5, 0.6) is 0 Å². The third kappa shape index (κ3) is 2.76. The number of rotatable bonds is 6.